The summed E-state index contributed by atoms with van der Waals surface area (Å²) in [7, 11) is 1.69. The summed E-state index contributed by atoms with van der Waals surface area (Å²) in [5, 5.41) is 3.54. The quantitative estimate of drug-likeness (QED) is 0.887. The van der Waals surface area contributed by atoms with Crippen molar-refractivity contribution in [3.63, 3.8) is 0 Å². The van der Waals surface area contributed by atoms with Gasteiger partial charge < -0.3 is 18.6 Å². The molecule has 118 valence electrons. The monoisotopic (exact) mass is 303 g/mol. The Bertz CT molecular complexity index is 637. The molecular weight excluding hydrogens is 282 g/mol. The number of furan rings is 1. The van der Waals surface area contributed by atoms with Gasteiger partial charge in [0.05, 0.1) is 12.6 Å². The first kappa shape index (κ1) is 14.9. The minimum absolute atomic E-state index is 0.000812. The van der Waals surface area contributed by atoms with E-state index in [1.54, 1.807) is 7.11 Å². The maximum absolute atomic E-state index is 5.72. The lowest BCUT2D eigenvalue weighted by Gasteiger charge is -2.22. The second-order valence-corrected chi connectivity index (χ2v) is 5.46. The third-order valence-corrected chi connectivity index (χ3v) is 3.79. The molecule has 0 aliphatic carbocycles. The second kappa shape index (κ2) is 6.42. The van der Waals surface area contributed by atoms with Crippen LogP contribution in [0.15, 0.2) is 34.7 Å². The van der Waals surface area contributed by atoms with Crippen molar-refractivity contribution < 1.29 is 18.6 Å². The van der Waals surface area contributed by atoms with E-state index in [0.717, 1.165) is 28.6 Å². The third-order valence-electron chi connectivity index (χ3n) is 3.79. The summed E-state index contributed by atoms with van der Waals surface area (Å²) in [6.07, 6.45) is 0. The average Bonchev–Trinajstić information content (AvgIpc) is 3.14. The topological polar surface area (TPSA) is 52.9 Å². The van der Waals surface area contributed by atoms with E-state index >= 15 is 0 Å². The van der Waals surface area contributed by atoms with E-state index in [4.69, 9.17) is 18.6 Å². The lowest BCUT2D eigenvalue weighted by molar-refractivity contribution is 0.151. The molecule has 0 saturated carbocycles. The highest BCUT2D eigenvalue weighted by Gasteiger charge is 2.20. The van der Waals surface area contributed by atoms with Gasteiger partial charge in [-0.2, -0.15) is 0 Å². The lowest BCUT2D eigenvalue weighted by Crippen LogP contribution is -2.27. The van der Waals surface area contributed by atoms with Crippen molar-refractivity contribution in [3.8, 4) is 11.5 Å². The molecular formula is C17H21NO4. The van der Waals surface area contributed by atoms with Gasteiger partial charge in [-0.15, -0.1) is 0 Å². The van der Waals surface area contributed by atoms with E-state index in [2.05, 4.69) is 12.2 Å². The standard InChI is InChI=1S/C17H21NO4/c1-11-4-6-15(22-11)14(9-19-3)18-12(2)13-5-7-16-17(8-13)21-10-20-16/h4-8,12,14,18H,9-10H2,1-3H3/t12-,14+/m1/s1. The minimum Gasteiger partial charge on any atom is -0.465 e. The zero-order valence-corrected chi connectivity index (χ0v) is 13.1. The maximum atomic E-state index is 5.72. The summed E-state index contributed by atoms with van der Waals surface area (Å²) in [5.41, 5.74) is 1.13. The first-order valence-electron chi connectivity index (χ1n) is 7.38. The molecule has 0 unspecified atom stereocenters. The molecule has 0 fully saturated rings. The minimum atomic E-state index is -0.000812. The normalized spacial score (nSPS) is 15.8. The molecule has 5 heteroatoms. The van der Waals surface area contributed by atoms with Gasteiger partial charge in [-0.25, -0.2) is 0 Å². The Balaban J connectivity index is 1.74. The zero-order valence-electron chi connectivity index (χ0n) is 13.1. The van der Waals surface area contributed by atoms with Crippen LogP contribution in [0, 0.1) is 6.92 Å². The molecule has 2 atom stereocenters. The summed E-state index contributed by atoms with van der Waals surface area (Å²) in [6, 6.07) is 10.1. The van der Waals surface area contributed by atoms with Gasteiger partial charge in [0.2, 0.25) is 6.79 Å². The number of benzene rings is 1. The van der Waals surface area contributed by atoms with Crippen LogP contribution >= 0.6 is 0 Å². The van der Waals surface area contributed by atoms with E-state index in [1.807, 2.05) is 37.3 Å². The van der Waals surface area contributed by atoms with Crippen LogP contribution in [0.2, 0.25) is 0 Å². The van der Waals surface area contributed by atoms with Gasteiger partial charge in [0.15, 0.2) is 11.5 Å². The van der Waals surface area contributed by atoms with Crippen molar-refractivity contribution in [3.05, 3.63) is 47.4 Å². The molecule has 1 aliphatic heterocycles. The third kappa shape index (κ3) is 3.10. The van der Waals surface area contributed by atoms with Crippen LogP contribution in [0.5, 0.6) is 11.5 Å². The fraction of sp³-hybridized carbons (Fsp3) is 0.412. The van der Waals surface area contributed by atoms with Gasteiger partial charge in [0.1, 0.15) is 11.5 Å². The van der Waals surface area contributed by atoms with Crippen molar-refractivity contribution in [1.82, 2.24) is 5.32 Å². The number of hydrogen-bond donors (Lipinski definition) is 1. The van der Waals surface area contributed by atoms with Crippen molar-refractivity contribution in [2.24, 2.45) is 0 Å². The molecule has 2 heterocycles. The smallest absolute Gasteiger partial charge is 0.231 e. The molecule has 1 aliphatic rings. The van der Waals surface area contributed by atoms with Gasteiger partial charge >= 0.3 is 0 Å². The number of methoxy groups -OCH3 is 1. The Morgan fingerprint density at radius 1 is 1.18 bits per heavy atom. The molecule has 1 aromatic heterocycles. The van der Waals surface area contributed by atoms with Gasteiger partial charge in [0, 0.05) is 13.2 Å². The molecule has 1 N–H and O–H groups in total. The Morgan fingerprint density at radius 3 is 2.73 bits per heavy atom. The van der Waals surface area contributed by atoms with Crippen LogP contribution in [0.3, 0.4) is 0 Å². The fourth-order valence-electron chi connectivity index (χ4n) is 2.60. The Labute approximate surface area is 130 Å². The first-order valence-corrected chi connectivity index (χ1v) is 7.38. The molecule has 0 spiro atoms. The first-order chi connectivity index (χ1) is 10.7. The highest BCUT2D eigenvalue weighted by atomic mass is 16.7. The van der Waals surface area contributed by atoms with E-state index in [0.29, 0.717) is 13.4 Å². The van der Waals surface area contributed by atoms with Gasteiger partial charge in [-0.1, -0.05) is 6.07 Å². The molecule has 0 saturated heterocycles. The van der Waals surface area contributed by atoms with Crippen LogP contribution in [0.25, 0.3) is 0 Å². The zero-order chi connectivity index (χ0) is 15.5. The number of aryl methyl sites for hydroxylation is 1. The molecule has 0 radical (unpaired) electrons. The Morgan fingerprint density at radius 2 is 2.00 bits per heavy atom. The van der Waals surface area contributed by atoms with Crippen LogP contribution < -0.4 is 14.8 Å². The van der Waals surface area contributed by atoms with Crippen LogP contribution in [0.1, 0.15) is 36.1 Å². The van der Waals surface area contributed by atoms with Crippen LogP contribution in [-0.4, -0.2) is 20.5 Å². The molecule has 1 aromatic carbocycles. The Kier molecular flexibility index (Phi) is 4.36. The summed E-state index contributed by atoms with van der Waals surface area (Å²) < 4.78 is 21.8. The number of fused-ring (bicyclic) bond motifs is 1. The molecule has 0 bridgehead atoms. The van der Waals surface area contributed by atoms with Crippen molar-refractivity contribution >= 4 is 0 Å². The summed E-state index contributed by atoms with van der Waals surface area (Å²) in [6.45, 7) is 4.88. The van der Waals surface area contributed by atoms with Gasteiger partial charge in [-0.3, -0.25) is 5.32 Å². The van der Waals surface area contributed by atoms with Gasteiger partial charge in [0.25, 0.3) is 0 Å². The van der Waals surface area contributed by atoms with E-state index < -0.39 is 0 Å². The van der Waals surface area contributed by atoms with E-state index in [-0.39, 0.29) is 12.1 Å². The van der Waals surface area contributed by atoms with Crippen molar-refractivity contribution in [1.29, 1.82) is 0 Å². The predicted octanol–water partition coefficient (Wildman–Crippen LogP) is 3.36. The lowest BCUT2D eigenvalue weighted by atomic mass is 10.1. The number of ether oxygens (including phenoxy) is 3. The molecule has 0 amide bonds. The summed E-state index contributed by atoms with van der Waals surface area (Å²) in [5.74, 6) is 3.37. The average molecular weight is 303 g/mol. The van der Waals surface area contributed by atoms with Crippen molar-refractivity contribution in [2.75, 3.05) is 20.5 Å². The number of rotatable bonds is 6. The van der Waals surface area contributed by atoms with Gasteiger partial charge in [-0.05, 0) is 43.7 Å². The van der Waals surface area contributed by atoms with Crippen molar-refractivity contribution in [2.45, 2.75) is 25.9 Å². The highest BCUT2D eigenvalue weighted by molar-refractivity contribution is 5.45. The maximum Gasteiger partial charge on any atom is 0.231 e. The largest absolute Gasteiger partial charge is 0.465 e. The fourth-order valence-corrected chi connectivity index (χ4v) is 2.60. The molecule has 22 heavy (non-hydrogen) atoms. The van der Waals surface area contributed by atoms with E-state index in [1.165, 1.54) is 0 Å². The Hall–Kier alpha value is -1.98. The molecule has 2 aromatic rings. The van der Waals surface area contributed by atoms with Crippen LogP contribution in [-0.2, 0) is 4.74 Å². The molecule has 3 rings (SSSR count). The predicted molar refractivity (Wildman–Crippen MR) is 82.2 cm³/mol. The summed E-state index contributed by atoms with van der Waals surface area (Å²) >= 11 is 0. The number of hydrogen-bond acceptors (Lipinski definition) is 5. The highest BCUT2D eigenvalue weighted by Crippen LogP contribution is 2.34. The molecule has 5 nitrogen and oxygen atoms in total. The second-order valence-electron chi connectivity index (χ2n) is 5.46. The van der Waals surface area contributed by atoms with Crippen LogP contribution in [0.4, 0.5) is 0 Å². The summed E-state index contributed by atoms with van der Waals surface area (Å²) in [4.78, 5) is 0. The SMILES string of the molecule is COC[C@H](N[C@H](C)c1ccc2c(c1)OCO2)c1ccc(C)o1. The van der Waals surface area contributed by atoms with E-state index in [9.17, 15) is 0 Å². The number of nitrogens with one attached hydrogen (secondary N) is 1.